The summed E-state index contributed by atoms with van der Waals surface area (Å²) in [6.07, 6.45) is 5.33. The van der Waals surface area contributed by atoms with Crippen molar-refractivity contribution in [3.63, 3.8) is 0 Å². The highest BCUT2D eigenvalue weighted by molar-refractivity contribution is 6.20. The molecule has 9 heavy (non-hydrogen) atoms. The van der Waals surface area contributed by atoms with E-state index in [0.29, 0.717) is 11.3 Å². The Kier molecular flexibility index (Phi) is 4.88. The van der Waals surface area contributed by atoms with Gasteiger partial charge >= 0.3 is 0 Å². The van der Waals surface area contributed by atoms with Gasteiger partial charge in [-0.25, -0.2) is 0 Å². The van der Waals surface area contributed by atoms with Gasteiger partial charge in [0.05, 0.1) is 0 Å². The Balaban J connectivity index is 3.38. The molecule has 0 aromatic heterocycles. The number of rotatable bonds is 3. The third-order valence-electron chi connectivity index (χ3n) is 1.22. The number of alkyl halides is 1. The Morgan fingerprint density at radius 2 is 2.00 bits per heavy atom. The van der Waals surface area contributed by atoms with Gasteiger partial charge < -0.3 is 0 Å². The molecule has 0 aromatic carbocycles. The van der Waals surface area contributed by atoms with Crippen molar-refractivity contribution in [1.29, 1.82) is 0 Å². The van der Waals surface area contributed by atoms with Crippen molar-refractivity contribution >= 4 is 11.6 Å². The first-order valence-electron chi connectivity index (χ1n) is 3.43. The molecule has 0 aliphatic heterocycles. The molecule has 2 unspecified atom stereocenters. The summed E-state index contributed by atoms with van der Waals surface area (Å²) in [7, 11) is 0. The van der Waals surface area contributed by atoms with Crippen molar-refractivity contribution < 1.29 is 0 Å². The normalized spacial score (nSPS) is 18.2. The summed E-state index contributed by atoms with van der Waals surface area (Å²) in [5, 5.41) is 0.302. The molecular formula is C8H15Cl. The Morgan fingerprint density at radius 3 is 2.33 bits per heavy atom. The SMILES string of the molecule is CC=CC(C)CC(C)Cl. The fourth-order valence-corrected chi connectivity index (χ4v) is 1.20. The van der Waals surface area contributed by atoms with Gasteiger partial charge in [0, 0.05) is 5.38 Å². The van der Waals surface area contributed by atoms with E-state index in [2.05, 4.69) is 19.1 Å². The molecule has 0 heterocycles. The van der Waals surface area contributed by atoms with Gasteiger partial charge in [-0.3, -0.25) is 0 Å². The van der Waals surface area contributed by atoms with Crippen molar-refractivity contribution in [2.75, 3.05) is 0 Å². The van der Waals surface area contributed by atoms with Gasteiger partial charge in [0.1, 0.15) is 0 Å². The highest BCUT2D eigenvalue weighted by Gasteiger charge is 2.00. The molecule has 0 spiro atoms. The zero-order valence-corrected chi connectivity index (χ0v) is 7.15. The maximum atomic E-state index is 5.77. The third-order valence-corrected chi connectivity index (χ3v) is 1.40. The monoisotopic (exact) mass is 146 g/mol. The summed E-state index contributed by atoms with van der Waals surface area (Å²) < 4.78 is 0. The van der Waals surface area contributed by atoms with Crippen molar-refractivity contribution in [3.8, 4) is 0 Å². The minimum atomic E-state index is 0.302. The standard InChI is InChI=1S/C8H15Cl/c1-4-5-7(2)6-8(3)9/h4-5,7-8H,6H2,1-3H3. The molecule has 0 saturated heterocycles. The van der Waals surface area contributed by atoms with Gasteiger partial charge in [0.15, 0.2) is 0 Å². The summed E-state index contributed by atoms with van der Waals surface area (Å²) in [6, 6.07) is 0. The Labute approximate surface area is 62.9 Å². The number of hydrogen-bond donors (Lipinski definition) is 0. The van der Waals surface area contributed by atoms with E-state index in [-0.39, 0.29) is 0 Å². The molecule has 0 aromatic rings. The van der Waals surface area contributed by atoms with E-state index in [0.717, 1.165) is 6.42 Å². The largest absolute Gasteiger partial charge is 0.123 e. The average Bonchev–Trinajstić information content (AvgIpc) is 1.63. The molecule has 0 fully saturated rings. The minimum Gasteiger partial charge on any atom is -0.123 e. The van der Waals surface area contributed by atoms with E-state index in [1.54, 1.807) is 0 Å². The Bertz CT molecular complexity index is 84.6. The van der Waals surface area contributed by atoms with E-state index >= 15 is 0 Å². The van der Waals surface area contributed by atoms with Crippen molar-refractivity contribution in [2.45, 2.75) is 32.6 Å². The molecule has 0 radical (unpaired) electrons. The van der Waals surface area contributed by atoms with E-state index in [4.69, 9.17) is 11.6 Å². The number of halogens is 1. The molecule has 0 bridgehead atoms. The maximum absolute atomic E-state index is 5.77. The van der Waals surface area contributed by atoms with Gasteiger partial charge in [-0.1, -0.05) is 19.1 Å². The predicted octanol–water partition coefficient (Wildman–Crippen LogP) is 3.22. The molecule has 54 valence electrons. The smallest absolute Gasteiger partial charge is 0.0313 e. The lowest BCUT2D eigenvalue weighted by molar-refractivity contribution is 0.639. The minimum absolute atomic E-state index is 0.302. The first-order valence-corrected chi connectivity index (χ1v) is 3.87. The molecule has 0 amide bonds. The molecule has 0 N–H and O–H groups in total. The van der Waals surface area contributed by atoms with Crippen molar-refractivity contribution in [1.82, 2.24) is 0 Å². The van der Waals surface area contributed by atoms with Crippen LogP contribution in [-0.4, -0.2) is 5.38 Å². The van der Waals surface area contributed by atoms with Gasteiger partial charge in [-0.2, -0.15) is 0 Å². The summed E-state index contributed by atoms with van der Waals surface area (Å²) in [5.74, 6) is 0.627. The van der Waals surface area contributed by atoms with E-state index in [1.807, 2.05) is 13.8 Å². The van der Waals surface area contributed by atoms with Crippen LogP contribution in [0.5, 0.6) is 0 Å². The van der Waals surface area contributed by atoms with Crippen molar-refractivity contribution in [3.05, 3.63) is 12.2 Å². The zero-order valence-electron chi connectivity index (χ0n) is 6.39. The Hall–Kier alpha value is 0.0300. The van der Waals surface area contributed by atoms with Crippen LogP contribution in [0.4, 0.5) is 0 Å². The fourth-order valence-electron chi connectivity index (χ4n) is 0.919. The van der Waals surface area contributed by atoms with Crippen LogP contribution < -0.4 is 0 Å². The second-order valence-electron chi connectivity index (χ2n) is 2.52. The molecule has 0 saturated carbocycles. The van der Waals surface area contributed by atoms with Crippen LogP contribution >= 0.6 is 11.6 Å². The first-order chi connectivity index (χ1) is 4.16. The van der Waals surface area contributed by atoms with Crippen LogP contribution in [0.2, 0.25) is 0 Å². The molecule has 1 heteroatoms. The summed E-state index contributed by atoms with van der Waals surface area (Å²) in [5.41, 5.74) is 0. The number of hydrogen-bond acceptors (Lipinski definition) is 0. The summed E-state index contributed by atoms with van der Waals surface area (Å²) in [6.45, 7) is 6.25. The molecule has 0 nitrogen and oxygen atoms in total. The van der Waals surface area contributed by atoms with Crippen LogP contribution in [0.25, 0.3) is 0 Å². The summed E-state index contributed by atoms with van der Waals surface area (Å²) in [4.78, 5) is 0. The van der Waals surface area contributed by atoms with E-state index in [1.165, 1.54) is 0 Å². The maximum Gasteiger partial charge on any atom is 0.0313 e. The van der Waals surface area contributed by atoms with Crippen LogP contribution in [0.15, 0.2) is 12.2 Å². The van der Waals surface area contributed by atoms with Crippen molar-refractivity contribution in [2.24, 2.45) is 5.92 Å². The van der Waals surface area contributed by atoms with Crippen LogP contribution in [0.1, 0.15) is 27.2 Å². The lowest BCUT2D eigenvalue weighted by atomic mass is 10.1. The van der Waals surface area contributed by atoms with Crippen LogP contribution in [-0.2, 0) is 0 Å². The molecule has 0 rings (SSSR count). The molecule has 0 aliphatic carbocycles. The van der Waals surface area contributed by atoms with E-state index < -0.39 is 0 Å². The van der Waals surface area contributed by atoms with Gasteiger partial charge in [-0.05, 0) is 26.2 Å². The van der Waals surface area contributed by atoms with Crippen LogP contribution in [0, 0.1) is 5.92 Å². The lowest BCUT2D eigenvalue weighted by Gasteiger charge is -2.05. The van der Waals surface area contributed by atoms with Gasteiger partial charge in [-0.15, -0.1) is 11.6 Å². The first kappa shape index (κ1) is 9.03. The second kappa shape index (κ2) is 4.87. The van der Waals surface area contributed by atoms with Crippen LogP contribution in [0.3, 0.4) is 0 Å². The number of allylic oxidation sites excluding steroid dienone is 2. The second-order valence-corrected chi connectivity index (χ2v) is 3.26. The van der Waals surface area contributed by atoms with Gasteiger partial charge in [0.25, 0.3) is 0 Å². The highest BCUT2D eigenvalue weighted by atomic mass is 35.5. The fraction of sp³-hybridized carbons (Fsp3) is 0.750. The van der Waals surface area contributed by atoms with E-state index in [9.17, 15) is 0 Å². The topological polar surface area (TPSA) is 0 Å². The summed E-state index contributed by atoms with van der Waals surface area (Å²) >= 11 is 5.77. The zero-order chi connectivity index (χ0) is 7.28. The quantitative estimate of drug-likeness (QED) is 0.424. The average molecular weight is 147 g/mol. The lowest BCUT2D eigenvalue weighted by Crippen LogP contribution is -1.98. The highest BCUT2D eigenvalue weighted by Crippen LogP contribution is 2.11. The van der Waals surface area contributed by atoms with Gasteiger partial charge in [0.2, 0.25) is 0 Å². The molecular weight excluding hydrogens is 132 g/mol. The third kappa shape index (κ3) is 5.91. The molecule has 2 atom stereocenters. The molecule has 0 aliphatic rings. The Morgan fingerprint density at radius 1 is 1.44 bits per heavy atom. The predicted molar refractivity (Wildman–Crippen MR) is 43.9 cm³/mol.